The molecule has 1 atom stereocenters. The van der Waals surface area contributed by atoms with Gasteiger partial charge in [0.15, 0.2) is 0 Å². The number of likely N-dealkylation sites (tertiary alicyclic amines) is 1. The molecule has 25 heavy (non-hydrogen) atoms. The van der Waals surface area contributed by atoms with Gasteiger partial charge in [-0.25, -0.2) is 9.78 Å². The number of likely N-dealkylation sites (N-methyl/N-ethyl adjacent to an activating group) is 1. The van der Waals surface area contributed by atoms with Crippen LogP contribution in [0.5, 0.6) is 0 Å². The Morgan fingerprint density at radius 1 is 1.16 bits per heavy atom. The zero-order chi connectivity index (χ0) is 17.5. The molecule has 3 rings (SSSR count). The third-order valence-corrected chi connectivity index (χ3v) is 5.42. The summed E-state index contributed by atoms with van der Waals surface area (Å²) in [6.45, 7) is 10.5. The molecular formula is C17H31N7O. The molecule has 1 aromatic rings. The largest absolute Gasteiger partial charge is 0.336 e. The molecule has 0 spiro atoms. The fraction of sp³-hybridized carbons (Fsp3) is 0.824. The number of nitrogens with zero attached hydrogens (tertiary/aromatic N) is 6. The second-order valence-electron chi connectivity index (χ2n) is 6.95. The van der Waals surface area contributed by atoms with E-state index >= 15 is 0 Å². The number of carbonyl (C=O) groups is 1. The van der Waals surface area contributed by atoms with Crippen molar-refractivity contribution >= 4 is 6.03 Å². The molecule has 8 heteroatoms. The number of hydrogen-bond acceptors (Lipinski definition) is 5. The highest BCUT2D eigenvalue weighted by Gasteiger charge is 2.24. The van der Waals surface area contributed by atoms with E-state index in [1.54, 1.807) is 12.7 Å². The van der Waals surface area contributed by atoms with Gasteiger partial charge in [-0.05, 0) is 25.9 Å². The summed E-state index contributed by atoms with van der Waals surface area (Å²) in [7, 11) is 0. The maximum absolute atomic E-state index is 12.4. The lowest BCUT2D eigenvalue weighted by Gasteiger charge is -2.37. The first-order chi connectivity index (χ1) is 12.3. The number of rotatable bonds is 6. The number of aromatic nitrogens is 3. The molecule has 1 N–H and O–H groups in total. The lowest BCUT2D eigenvalue weighted by molar-refractivity contribution is 0.126. The molecule has 3 heterocycles. The van der Waals surface area contributed by atoms with Crippen molar-refractivity contribution in [3.8, 4) is 0 Å². The first-order valence-corrected chi connectivity index (χ1v) is 9.58. The molecule has 0 saturated carbocycles. The first kappa shape index (κ1) is 18.1. The number of carbonyl (C=O) groups excluding carboxylic acids is 1. The first-order valence-electron chi connectivity index (χ1n) is 9.58. The highest BCUT2D eigenvalue weighted by Crippen LogP contribution is 2.15. The molecule has 140 valence electrons. The van der Waals surface area contributed by atoms with E-state index in [2.05, 4.69) is 32.1 Å². The van der Waals surface area contributed by atoms with Crippen LogP contribution < -0.4 is 5.32 Å². The molecule has 2 amide bonds. The van der Waals surface area contributed by atoms with E-state index in [4.69, 9.17) is 0 Å². The SMILES string of the molecule is CCN1CCCCC1CNC(=O)N1CCN(CCn2cncn2)CC1. The van der Waals surface area contributed by atoms with Crippen LogP contribution in [0.4, 0.5) is 4.79 Å². The van der Waals surface area contributed by atoms with Gasteiger partial charge < -0.3 is 10.2 Å². The molecule has 0 bridgehead atoms. The van der Waals surface area contributed by atoms with Gasteiger partial charge in [0.05, 0.1) is 6.54 Å². The quantitative estimate of drug-likeness (QED) is 0.809. The summed E-state index contributed by atoms with van der Waals surface area (Å²) < 4.78 is 1.85. The molecule has 2 saturated heterocycles. The molecule has 2 aliphatic rings. The van der Waals surface area contributed by atoms with Crippen molar-refractivity contribution in [3.63, 3.8) is 0 Å². The van der Waals surface area contributed by atoms with Crippen molar-refractivity contribution in [1.82, 2.24) is 34.8 Å². The van der Waals surface area contributed by atoms with E-state index in [9.17, 15) is 4.79 Å². The van der Waals surface area contributed by atoms with Crippen molar-refractivity contribution < 1.29 is 4.79 Å². The molecule has 0 aromatic carbocycles. The molecule has 2 fully saturated rings. The minimum atomic E-state index is 0.0950. The Morgan fingerprint density at radius 3 is 2.72 bits per heavy atom. The Balaban J connectivity index is 1.35. The van der Waals surface area contributed by atoms with Gasteiger partial charge in [0, 0.05) is 45.3 Å². The number of hydrogen-bond donors (Lipinski definition) is 1. The second-order valence-corrected chi connectivity index (χ2v) is 6.95. The smallest absolute Gasteiger partial charge is 0.317 e. The predicted octanol–water partition coefficient (Wildman–Crippen LogP) is 0.480. The van der Waals surface area contributed by atoms with Crippen LogP contribution in [-0.2, 0) is 6.54 Å². The minimum Gasteiger partial charge on any atom is -0.336 e. The fourth-order valence-corrected chi connectivity index (χ4v) is 3.79. The standard InChI is InChI=1S/C17H31N7O/c1-2-22-6-4-3-5-16(22)13-19-17(25)23-10-7-21(8-11-23)9-12-24-15-18-14-20-24/h14-16H,2-13H2,1H3,(H,19,25). The summed E-state index contributed by atoms with van der Waals surface area (Å²) in [5.74, 6) is 0. The Morgan fingerprint density at radius 2 is 2.00 bits per heavy atom. The average Bonchev–Trinajstić information content (AvgIpc) is 3.18. The Hall–Kier alpha value is -1.67. The molecule has 1 aromatic heterocycles. The van der Waals surface area contributed by atoms with Gasteiger partial charge in [0.2, 0.25) is 0 Å². The van der Waals surface area contributed by atoms with Crippen molar-refractivity contribution in [2.75, 3.05) is 52.4 Å². The van der Waals surface area contributed by atoms with Crippen LogP contribution in [0.15, 0.2) is 12.7 Å². The molecule has 0 aliphatic carbocycles. The topological polar surface area (TPSA) is 69.5 Å². The predicted molar refractivity (Wildman–Crippen MR) is 96.3 cm³/mol. The molecule has 2 aliphatic heterocycles. The van der Waals surface area contributed by atoms with Crippen molar-refractivity contribution in [2.24, 2.45) is 0 Å². The van der Waals surface area contributed by atoms with E-state index < -0.39 is 0 Å². The van der Waals surface area contributed by atoms with E-state index in [0.29, 0.717) is 6.04 Å². The third kappa shape index (κ3) is 5.15. The highest BCUT2D eigenvalue weighted by molar-refractivity contribution is 5.74. The van der Waals surface area contributed by atoms with Crippen LogP contribution >= 0.6 is 0 Å². The van der Waals surface area contributed by atoms with E-state index in [1.807, 2.05) is 9.58 Å². The maximum atomic E-state index is 12.4. The van der Waals surface area contributed by atoms with Gasteiger partial charge >= 0.3 is 6.03 Å². The van der Waals surface area contributed by atoms with Gasteiger partial charge in [-0.2, -0.15) is 5.10 Å². The zero-order valence-electron chi connectivity index (χ0n) is 15.3. The molecule has 0 radical (unpaired) electrons. The molecular weight excluding hydrogens is 318 g/mol. The van der Waals surface area contributed by atoms with Gasteiger partial charge in [-0.3, -0.25) is 14.5 Å². The van der Waals surface area contributed by atoms with Crippen LogP contribution in [0.25, 0.3) is 0 Å². The van der Waals surface area contributed by atoms with Crippen LogP contribution in [0.1, 0.15) is 26.2 Å². The highest BCUT2D eigenvalue weighted by atomic mass is 16.2. The van der Waals surface area contributed by atoms with Crippen molar-refractivity contribution in [1.29, 1.82) is 0 Å². The Labute approximate surface area is 150 Å². The van der Waals surface area contributed by atoms with E-state index in [1.165, 1.54) is 25.8 Å². The zero-order valence-corrected chi connectivity index (χ0v) is 15.3. The minimum absolute atomic E-state index is 0.0950. The summed E-state index contributed by atoms with van der Waals surface area (Å²) in [5.41, 5.74) is 0. The number of nitrogens with one attached hydrogen (secondary N) is 1. The summed E-state index contributed by atoms with van der Waals surface area (Å²) in [6, 6.07) is 0.601. The van der Waals surface area contributed by atoms with Gasteiger partial charge in [-0.15, -0.1) is 0 Å². The monoisotopic (exact) mass is 349 g/mol. The van der Waals surface area contributed by atoms with Gasteiger partial charge in [0.1, 0.15) is 12.7 Å². The number of piperidine rings is 1. The fourth-order valence-electron chi connectivity index (χ4n) is 3.79. The second kappa shape index (κ2) is 9.15. The summed E-state index contributed by atoms with van der Waals surface area (Å²) in [6.07, 6.45) is 7.07. The van der Waals surface area contributed by atoms with Gasteiger partial charge in [-0.1, -0.05) is 13.3 Å². The van der Waals surface area contributed by atoms with Crippen LogP contribution in [0.2, 0.25) is 0 Å². The lowest BCUT2D eigenvalue weighted by Crippen LogP contribution is -2.54. The van der Waals surface area contributed by atoms with Crippen LogP contribution in [-0.4, -0.2) is 93.9 Å². The number of piperazine rings is 1. The van der Waals surface area contributed by atoms with E-state index in [-0.39, 0.29) is 6.03 Å². The number of amides is 2. The third-order valence-electron chi connectivity index (χ3n) is 5.42. The molecule has 1 unspecified atom stereocenters. The summed E-state index contributed by atoms with van der Waals surface area (Å²) >= 11 is 0. The maximum Gasteiger partial charge on any atom is 0.317 e. The van der Waals surface area contributed by atoms with E-state index in [0.717, 1.165) is 52.4 Å². The lowest BCUT2D eigenvalue weighted by atomic mass is 10.0. The Kier molecular flexibility index (Phi) is 6.63. The summed E-state index contributed by atoms with van der Waals surface area (Å²) in [5, 5.41) is 7.29. The molecule has 8 nitrogen and oxygen atoms in total. The summed E-state index contributed by atoms with van der Waals surface area (Å²) in [4.78, 5) is 23.2. The number of urea groups is 1. The van der Waals surface area contributed by atoms with Crippen LogP contribution in [0.3, 0.4) is 0 Å². The van der Waals surface area contributed by atoms with Crippen molar-refractivity contribution in [3.05, 3.63) is 12.7 Å². The normalized spacial score (nSPS) is 22.9. The van der Waals surface area contributed by atoms with Gasteiger partial charge in [0.25, 0.3) is 0 Å². The Bertz CT molecular complexity index is 513. The van der Waals surface area contributed by atoms with Crippen molar-refractivity contribution in [2.45, 2.75) is 38.8 Å². The van der Waals surface area contributed by atoms with Crippen LogP contribution in [0, 0.1) is 0 Å². The average molecular weight is 349 g/mol.